The van der Waals surface area contributed by atoms with Crippen molar-refractivity contribution >= 4 is 11.7 Å². The fourth-order valence-corrected chi connectivity index (χ4v) is 4.65. The molecule has 0 aromatic heterocycles. The van der Waals surface area contributed by atoms with Gasteiger partial charge in [-0.25, -0.2) is 4.79 Å². The van der Waals surface area contributed by atoms with Crippen LogP contribution < -0.4 is 10.6 Å². The predicted molar refractivity (Wildman–Crippen MR) is 145 cm³/mol. The summed E-state index contributed by atoms with van der Waals surface area (Å²) in [5.41, 5.74) is 4.78. The highest BCUT2D eigenvalue weighted by atomic mass is 16.7. The van der Waals surface area contributed by atoms with Gasteiger partial charge in [-0.05, 0) is 42.8 Å². The first-order valence-corrected chi connectivity index (χ1v) is 12.8. The van der Waals surface area contributed by atoms with Crippen molar-refractivity contribution in [2.75, 3.05) is 25.5 Å². The van der Waals surface area contributed by atoms with E-state index in [-0.39, 0.29) is 30.8 Å². The van der Waals surface area contributed by atoms with Gasteiger partial charge in [-0.3, -0.25) is 4.90 Å². The molecule has 0 aliphatic carbocycles. The van der Waals surface area contributed by atoms with Gasteiger partial charge in [-0.2, -0.15) is 0 Å². The molecule has 4 atom stereocenters. The van der Waals surface area contributed by atoms with Crippen molar-refractivity contribution in [3.8, 4) is 0 Å². The molecule has 7 nitrogen and oxygen atoms in total. The molecule has 7 heteroatoms. The third-order valence-electron chi connectivity index (χ3n) is 6.69. The van der Waals surface area contributed by atoms with Gasteiger partial charge in [0.05, 0.1) is 18.8 Å². The summed E-state index contributed by atoms with van der Waals surface area (Å²) >= 11 is 0. The van der Waals surface area contributed by atoms with Crippen molar-refractivity contribution < 1.29 is 19.4 Å². The third-order valence-corrected chi connectivity index (χ3v) is 6.69. The Morgan fingerprint density at radius 2 is 1.59 bits per heavy atom. The molecule has 1 aliphatic rings. The minimum absolute atomic E-state index is 0.0106. The van der Waals surface area contributed by atoms with Gasteiger partial charge in [0, 0.05) is 36.8 Å². The summed E-state index contributed by atoms with van der Waals surface area (Å²) < 4.78 is 13.1. The van der Waals surface area contributed by atoms with Crippen LogP contribution in [0, 0.1) is 5.92 Å². The van der Waals surface area contributed by atoms with Crippen molar-refractivity contribution in [3.05, 3.63) is 101 Å². The van der Waals surface area contributed by atoms with E-state index >= 15 is 0 Å². The van der Waals surface area contributed by atoms with E-state index in [0.717, 1.165) is 29.8 Å². The average molecular weight is 504 g/mol. The van der Waals surface area contributed by atoms with Crippen molar-refractivity contribution in [1.82, 2.24) is 10.2 Å². The zero-order valence-electron chi connectivity index (χ0n) is 21.8. The molecule has 0 bridgehead atoms. The predicted octanol–water partition coefficient (Wildman–Crippen LogP) is 5.24. The summed E-state index contributed by atoms with van der Waals surface area (Å²) in [4.78, 5) is 14.1. The molecule has 4 rings (SSSR count). The average Bonchev–Trinajstić information content (AvgIpc) is 2.91. The monoisotopic (exact) mass is 503 g/mol. The molecule has 0 unspecified atom stereocenters. The normalized spacial score (nSPS) is 21.5. The van der Waals surface area contributed by atoms with E-state index in [0.29, 0.717) is 12.2 Å². The molecule has 1 aliphatic heterocycles. The third kappa shape index (κ3) is 7.17. The summed E-state index contributed by atoms with van der Waals surface area (Å²) in [7, 11) is 2.11. The van der Waals surface area contributed by atoms with Crippen LogP contribution in [0.5, 0.6) is 0 Å². The topological polar surface area (TPSA) is 83.1 Å². The lowest BCUT2D eigenvalue weighted by molar-refractivity contribution is -0.276. The number of aliphatic hydroxyl groups excluding tert-OH is 1. The van der Waals surface area contributed by atoms with Gasteiger partial charge < -0.3 is 25.2 Å². The molecule has 196 valence electrons. The Morgan fingerprint density at radius 3 is 2.24 bits per heavy atom. The van der Waals surface area contributed by atoms with Crippen molar-refractivity contribution in [3.63, 3.8) is 0 Å². The molecule has 1 fully saturated rings. The zero-order valence-corrected chi connectivity index (χ0v) is 21.8. The first-order valence-electron chi connectivity index (χ1n) is 12.8. The Morgan fingerprint density at radius 1 is 0.919 bits per heavy atom. The Kier molecular flexibility index (Phi) is 9.30. The van der Waals surface area contributed by atoms with Crippen LogP contribution in [-0.4, -0.2) is 42.3 Å². The summed E-state index contributed by atoms with van der Waals surface area (Å²) in [5, 5.41) is 15.0. The SMILES string of the molecule is CCNC(=O)Nc1ccc([C@@H]2O[C@H](CN(C)Cc3ccccc3)[C@H](C)[C@H](c3ccc(CO)cc3)O2)cc1. The maximum atomic E-state index is 11.9. The summed E-state index contributed by atoms with van der Waals surface area (Å²) in [6, 6.07) is 25.7. The molecule has 1 heterocycles. The maximum absolute atomic E-state index is 11.9. The zero-order chi connectivity index (χ0) is 26.2. The molecule has 1 saturated heterocycles. The van der Waals surface area contributed by atoms with Crippen molar-refractivity contribution in [2.45, 2.75) is 45.5 Å². The van der Waals surface area contributed by atoms with Gasteiger partial charge in [0.1, 0.15) is 0 Å². The number of rotatable bonds is 9. The lowest BCUT2D eigenvalue weighted by Gasteiger charge is -2.42. The van der Waals surface area contributed by atoms with Crippen LogP contribution in [0.1, 0.15) is 48.5 Å². The molecule has 0 spiro atoms. The number of nitrogens with zero attached hydrogens (tertiary/aromatic N) is 1. The number of aliphatic hydroxyl groups is 1. The number of urea groups is 1. The summed E-state index contributed by atoms with van der Waals surface area (Å²) in [6.45, 7) is 6.19. The quantitative estimate of drug-likeness (QED) is 0.372. The number of hydrogen-bond donors (Lipinski definition) is 3. The van der Waals surface area contributed by atoms with Crippen LogP contribution in [0.2, 0.25) is 0 Å². The Hall–Kier alpha value is -3.23. The number of carbonyl (C=O) groups excluding carboxylic acids is 1. The number of benzene rings is 3. The highest BCUT2D eigenvalue weighted by Crippen LogP contribution is 2.42. The number of anilines is 1. The van der Waals surface area contributed by atoms with Gasteiger partial charge in [-0.1, -0.05) is 73.7 Å². The minimum atomic E-state index is -0.549. The van der Waals surface area contributed by atoms with E-state index in [4.69, 9.17) is 9.47 Å². The largest absolute Gasteiger partial charge is 0.392 e. The number of carbonyl (C=O) groups is 1. The summed E-state index contributed by atoms with van der Waals surface area (Å²) in [5.74, 6) is 0.105. The molecule has 3 aromatic carbocycles. The number of likely N-dealkylation sites (N-methyl/N-ethyl adjacent to an activating group) is 1. The van der Waals surface area contributed by atoms with Crippen LogP contribution in [-0.2, 0) is 22.6 Å². The fraction of sp³-hybridized carbons (Fsp3) is 0.367. The Labute approximate surface area is 219 Å². The second-order valence-corrected chi connectivity index (χ2v) is 9.61. The van der Waals surface area contributed by atoms with E-state index in [2.05, 4.69) is 53.8 Å². The number of ether oxygens (including phenoxy) is 2. The van der Waals surface area contributed by atoms with E-state index in [1.54, 1.807) is 0 Å². The lowest BCUT2D eigenvalue weighted by Crippen LogP contribution is -2.43. The standard InChI is InChI=1S/C30H37N3O4/c1-4-31-30(35)32-26-16-14-25(15-17-26)29-36-27(19-33(3)18-22-8-6-5-7-9-22)21(2)28(37-29)24-12-10-23(20-34)11-13-24/h5-17,21,27-29,34H,4,18-20H2,1-3H3,(H2,31,32,35)/t21-,27+,28+,29+/m0/s1. The Bertz CT molecular complexity index is 1120. The highest BCUT2D eigenvalue weighted by Gasteiger charge is 2.38. The molecular weight excluding hydrogens is 466 g/mol. The van der Waals surface area contributed by atoms with Crippen LogP contribution in [0.3, 0.4) is 0 Å². The second kappa shape index (κ2) is 12.8. The molecule has 3 N–H and O–H groups in total. The molecule has 0 radical (unpaired) electrons. The number of amides is 2. The second-order valence-electron chi connectivity index (χ2n) is 9.61. The highest BCUT2D eigenvalue weighted by molar-refractivity contribution is 5.89. The fourth-order valence-electron chi connectivity index (χ4n) is 4.65. The van der Waals surface area contributed by atoms with Gasteiger partial charge in [0.2, 0.25) is 0 Å². The van der Waals surface area contributed by atoms with E-state index in [1.807, 2.05) is 61.5 Å². The van der Waals surface area contributed by atoms with Gasteiger partial charge in [-0.15, -0.1) is 0 Å². The molecule has 3 aromatic rings. The molecule has 37 heavy (non-hydrogen) atoms. The number of hydrogen-bond acceptors (Lipinski definition) is 5. The van der Waals surface area contributed by atoms with Gasteiger partial charge >= 0.3 is 6.03 Å². The molecule has 2 amide bonds. The lowest BCUT2D eigenvalue weighted by atomic mass is 9.90. The van der Waals surface area contributed by atoms with Crippen LogP contribution in [0.25, 0.3) is 0 Å². The minimum Gasteiger partial charge on any atom is -0.392 e. The number of nitrogens with one attached hydrogen (secondary N) is 2. The van der Waals surface area contributed by atoms with Crippen LogP contribution in [0.4, 0.5) is 10.5 Å². The van der Waals surface area contributed by atoms with Gasteiger partial charge in [0.25, 0.3) is 0 Å². The summed E-state index contributed by atoms with van der Waals surface area (Å²) in [6.07, 6.45) is -0.787. The molecular formula is C30H37N3O4. The first-order chi connectivity index (χ1) is 18.0. The van der Waals surface area contributed by atoms with Crippen molar-refractivity contribution in [2.24, 2.45) is 5.92 Å². The van der Waals surface area contributed by atoms with E-state index in [9.17, 15) is 9.90 Å². The maximum Gasteiger partial charge on any atom is 0.319 e. The smallest absolute Gasteiger partial charge is 0.319 e. The van der Waals surface area contributed by atoms with E-state index < -0.39 is 6.29 Å². The van der Waals surface area contributed by atoms with Crippen LogP contribution in [0.15, 0.2) is 78.9 Å². The van der Waals surface area contributed by atoms with Gasteiger partial charge in [0.15, 0.2) is 6.29 Å². The molecule has 0 saturated carbocycles. The van der Waals surface area contributed by atoms with Crippen molar-refractivity contribution in [1.29, 1.82) is 0 Å². The van der Waals surface area contributed by atoms with Crippen LogP contribution >= 0.6 is 0 Å². The Balaban J connectivity index is 1.53. The first kappa shape index (κ1) is 26.8. The van der Waals surface area contributed by atoms with E-state index in [1.165, 1.54) is 5.56 Å².